The molecule has 2 heterocycles. The first kappa shape index (κ1) is 23.9. The molecule has 0 spiro atoms. The van der Waals surface area contributed by atoms with Crippen molar-refractivity contribution in [3.63, 3.8) is 0 Å². The summed E-state index contributed by atoms with van der Waals surface area (Å²) in [6.07, 6.45) is 0.763. The average Bonchev–Trinajstić information content (AvgIpc) is 3.23. The number of nitrogens with zero attached hydrogens (tertiary/aromatic N) is 3. The van der Waals surface area contributed by atoms with Gasteiger partial charge in [0.2, 0.25) is 10.0 Å². The largest absolute Gasteiger partial charge is 0.357 e. The first-order valence-electron chi connectivity index (χ1n) is 9.44. The predicted octanol–water partition coefficient (Wildman–Crippen LogP) is 2.83. The first-order valence-corrected chi connectivity index (χ1v) is 11.9. The fourth-order valence-corrected chi connectivity index (χ4v) is 5.39. The SMILES string of the molecule is CCNC(=NCc1nc(C)c(C)s1)NCCS(=O)(=O)N1CCc2ccccc21.I. The van der Waals surface area contributed by atoms with E-state index in [4.69, 9.17) is 0 Å². The Balaban J connectivity index is 0.00000300. The number of hydrogen-bond acceptors (Lipinski definition) is 5. The number of halogens is 1. The molecule has 0 saturated carbocycles. The van der Waals surface area contributed by atoms with Crippen molar-refractivity contribution in [2.24, 2.45) is 4.99 Å². The number of benzene rings is 1. The molecular formula is C19H28IN5O2S2. The summed E-state index contributed by atoms with van der Waals surface area (Å²) in [4.78, 5) is 10.2. The van der Waals surface area contributed by atoms with Crippen LogP contribution in [-0.4, -0.2) is 44.7 Å². The standard InChI is InChI=1S/C19H27N5O2S2.HI/c1-4-20-19(22-13-18-23-14(2)15(3)27-18)21-10-12-28(25,26)24-11-9-16-7-5-6-8-17(16)24;/h5-8H,4,9-13H2,1-3H3,(H2,20,21,22);1H. The predicted molar refractivity (Wildman–Crippen MR) is 131 cm³/mol. The van der Waals surface area contributed by atoms with Gasteiger partial charge in [0.05, 0.1) is 23.7 Å². The van der Waals surface area contributed by atoms with Gasteiger partial charge in [-0.1, -0.05) is 18.2 Å². The molecule has 1 aromatic carbocycles. The number of thiazole rings is 1. The minimum atomic E-state index is -3.38. The highest BCUT2D eigenvalue weighted by atomic mass is 127. The lowest BCUT2D eigenvalue weighted by atomic mass is 10.2. The maximum absolute atomic E-state index is 12.8. The second-order valence-corrected chi connectivity index (χ2v) is 9.94. The van der Waals surface area contributed by atoms with E-state index in [1.165, 1.54) is 9.18 Å². The summed E-state index contributed by atoms with van der Waals surface area (Å²) in [5.74, 6) is 0.617. The number of aryl methyl sites for hydroxylation is 2. The number of fused-ring (bicyclic) bond motifs is 1. The van der Waals surface area contributed by atoms with Crippen LogP contribution in [0, 0.1) is 13.8 Å². The van der Waals surface area contributed by atoms with Crippen molar-refractivity contribution in [3.05, 3.63) is 45.4 Å². The van der Waals surface area contributed by atoms with E-state index in [2.05, 4.69) is 20.6 Å². The number of nitrogens with one attached hydrogen (secondary N) is 2. The molecule has 160 valence electrons. The van der Waals surface area contributed by atoms with Crippen molar-refractivity contribution in [2.45, 2.75) is 33.7 Å². The molecule has 10 heteroatoms. The minimum absolute atomic E-state index is 0. The molecule has 0 amide bonds. The molecule has 0 bridgehead atoms. The van der Waals surface area contributed by atoms with Gasteiger partial charge >= 0.3 is 0 Å². The maximum atomic E-state index is 12.8. The second-order valence-electron chi connectivity index (χ2n) is 6.64. The van der Waals surface area contributed by atoms with Gasteiger partial charge in [0.25, 0.3) is 0 Å². The van der Waals surface area contributed by atoms with Crippen LogP contribution in [0.2, 0.25) is 0 Å². The Morgan fingerprint density at radius 1 is 1.28 bits per heavy atom. The Morgan fingerprint density at radius 3 is 2.72 bits per heavy atom. The summed E-state index contributed by atoms with van der Waals surface area (Å²) in [7, 11) is -3.38. The zero-order chi connectivity index (χ0) is 20.1. The Labute approximate surface area is 194 Å². The number of anilines is 1. The number of rotatable bonds is 7. The van der Waals surface area contributed by atoms with E-state index in [0.717, 1.165) is 28.4 Å². The molecular weight excluding hydrogens is 521 g/mol. The summed E-state index contributed by atoms with van der Waals surface area (Å²) in [5.41, 5.74) is 2.92. The van der Waals surface area contributed by atoms with Crippen LogP contribution >= 0.6 is 35.3 Å². The van der Waals surface area contributed by atoms with Crippen molar-refractivity contribution in [2.75, 3.05) is 29.7 Å². The molecule has 0 radical (unpaired) electrons. The molecule has 2 N–H and O–H groups in total. The van der Waals surface area contributed by atoms with E-state index in [1.54, 1.807) is 11.3 Å². The number of aromatic nitrogens is 1. The molecule has 0 unspecified atom stereocenters. The van der Waals surface area contributed by atoms with Gasteiger partial charge in [-0.3, -0.25) is 4.31 Å². The lowest BCUT2D eigenvalue weighted by Crippen LogP contribution is -2.42. The molecule has 1 aliphatic heterocycles. The minimum Gasteiger partial charge on any atom is -0.357 e. The Bertz CT molecular complexity index is 940. The van der Waals surface area contributed by atoms with Crippen LogP contribution in [0.25, 0.3) is 0 Å². The fraction of sp³-hybridized carbons (Fsp3) is 0.474. The topological polar surface area (TPSA) is 86.7 Å². The quantitative estimate of drug-likeness (QED) is 0.315. The van der Waals surface area contributed by atoms with E-state index in [-0.39, 0.29) is 29.7 Å². The van der Waals surface area contributed by atoms with Crippen molar-refractivity contribution in [1.82, 2.24) is 15.6 Å². The average molecular weight is 550 g/mol. The molecule has 7 nitrogen and oxygen atoms in total. The van der Waals surface area contributed by atoms with Crippen LogP contribution < -0.4 is 14.9 Å². The third-order valence-electron chi connectivity index (χ3n) is 4.62. The van der Waals surface area contributed by atoms with Crippen LogP contribution in [0.5, 0.6) is 0 Å². The van der Waals surface area contributed by atoms with E-state index >= 15 is 0 Å². The van der Waals surface area contributed by atoms with E-state index in [0.29, 0.717) is 32.1 Å². The molecule has 0 atom stereocenters. The molecule has 3 rings (SSSR count). The number of hydrogen-bond donors (Lipinski definition) is 2. The van der Waals surface area contributed by atoms with E-state index in [9.17, 15) is 8.42 Å². The summed E-state index contributed by atoms with van der Waals surface area (Å²) >= 11 is 1.64. The summed E-state index contributed by atoms with van der Waals surface area (Å²) in [6.45, 7) is 8.00. The van der Waals surface area contributed by atoms with Crippen molar-refractivity contribution < 1.29 is 8.42 Å². The van der Waals surface area contributed by atoms with E-state index in [1.807, 2.05) is 45.0 Å². The molecule has 29 heavy (non-hydrogen) atoms. The Kier molecular flexibility index (Phi) is 8.71. The lowest BCUT2D eigenvalue weighted by molar-refractivity contribution is 0.591. The van der Waals surface area contributed by atoms with Gasteiger partial charge in [-0.05, 0) is 38.8 Å². The zero-order valence-electron chi connectivity index (χ0n) is 16.9. The molecule has 2 aromatic rings. The lowest BCUT2D eigenvalue weighted by Gasteiger charge is -2.20. The smallest absolute Gasteiger partial charge is 0.236 e. The van der Waals surface area contributed by atoms with Gasteiger partial charge in [0.15, 0.2) is 5.96 Å². The number of guanidine groups is 1. The fourth-order valence-electron chi connectivity index (χ4n) is 3.10. The van der Waals surface area contributed by atoms with Crippen LogP contribution in [0.4, 0.5) is 5.69 Å². The highest BCUT2D eigenvalue weighted by Gasteiger charge is 2.28. The zero-order valence-corrected chi connectivity index (χ0v) is 20.9. The van der Waals surface area contributed by atoms with Gasteiger partial charge in [-0.15, -0.1) is 35.3 Å². The highest BCUT2D eigenvalue weighted by Crippen LogP contribution is 2.29. The Morgan fingerprint density at radius 2 is 2.03 bits per heavy atom. The van der Waals surface area contributed by atoms with Gasteiger partial charge in [-0.25, -0.2) is 18.4 Å². The van der Waals surface area contributed by atoms with Crippen molar-refractivity contribution in [1.29, 1.82) is 0 Å². The van der Waals surface area contributed by atoms with Gasteiger partial charge in [-0.2, -0.15) is 0 Å². The van der Waals surface area contributed by atoms with Crippen molar-refractivity contribution in [3.8, 4) is 0 Å². The van der Waals surface area contributed by atoms with Gasteiger partial charge in [0.1, 0.15) is 5.01 Å². The molecule has 1 aromatic heterocycles. The first-order chi connectivity index (χ1) is 13.4. The second kappa shape index (κ2) is 10.6. The monoisotopic (exact) mass is 549 g/mol. The number of para-hydroxylation sites is 1. The summed E-state index contributed by atoms with van der Waals surface area (Å²) in [5, 5.41) is 7.23. The van der Waals surface area contributed by atoms with E-state index < -0.39 is 10.0 Å². The van der Waals surface area contributed by atoms with Crippen LogP contribution in [0.1, 0.15) is 28.1 Å². The van der Waals surface area contributed by atoms with Gasteiger partial charge in [0, 0.05) is 24.5 Å². The van der Waals surface area contributed by atoms with Gasteiger partial charge < -0.3 is 10.6 Å². The van der Waals surface area contributed by atoms with Crippen molar-refractivity contribution >= 4 is 57.0 Å². The highest BCUT2D eigenvalue weighted by molar-refractivity contribution is 14.0. The normalized spacial score (nSPS) is 13.8. The maximum Gasteiger partial charge on any atom is 0.236 e. The number of sulfonamides is 1. The molecule has 0 saturated heterocycles. The van der Waals surface area contributed by atoms with Crippen LogP contribution in [-0.2, 0) is 23.0 Å². The Hall–Kier alpha value is -1.40. The third kappa shape index (κ3) is 6.05. The molecule has 1 aliphatic rings. The molecule has 0 aliphatic carbocycles. The van der Waals surface area contributed by atoms with Crippen LogP contribution in [0.15, 0.2) is 29.3 Å². The molecule has 0 fully saturated rings. The third-order valence-corrected chi connectivity index (χ3v) is 7.45. The summed E-state index contributed by atoms with van der Waals surface area (Å²) in [6, 6.07) is 7.68. The number of aliphatic imine (C=N–C) groups is 1. The van der Waals surface area contributed by atoms with Crippen LogP contribution in [0.3, 0.4) is 0 Å². The summed E-state index contributed by atoms with van der Waals surface area (Å²) < 4.78 is 27.1.